The molecule has 1 rings (SSSR count). The van der Waals surface area contributed by atoms with Crippen molar-refractivity contribution < 1.29 is 19.4 Å². The van der Waals surface area contributed by atoms with Gasteiger partial charge in [0.05, 0.1) is 6.10 Å². The van der Waals surface area contributed by atoms with Gasteiger partial charge in [0, 0.05) is 32.7 Å². The average Bonchev–Trinajstić information content (AvgIpc) is 2.79. The first-order chi connectivity index (χ1) is 8.49. The lowest BCUT2D eigenvalue weighted by atomic mass is 10.2. The highest BCUT2D eigenvalue weighted by Gasteiger charge is 2.20. The number of rotatable bonds is 6. The number of ether oxygens (including phenoxy) is 1. The fourth-order valence-electron chi connectivity index (χ4n) is 1.91. The Bertz CT molecular complexity index is 290. The fourth-order valence-corrected chi connectivity index (χ4v) is 1.91. The van der Waals surface area contributed by atoms with Crippen molar-refractivity contribution in [2.45, 2.75) is 44.8 Å². The molecule has 0 bridgehead atoms. The summed E-state index contributed by atoms with van der Waals surface area (Å²) in [6.07, 6.45) is 2.68. The second-order valence-electron chi connectivity index (χ2n) is 4.80. The van der Waals surface area contributed by atoms with Gasteiger partial charge < -0.3 is 20.1 Å². The van der Waals surface area contributed by atoms with Crippen LogP contribution in [0.25, 0.3) is 0 Å². The maximum absolute atomic E-state index is 11.8. The maximum atomic E-state index is 11.8. The van der Waals surface area contributed by atoms with Crippen molar-refractivity contribution in [3.05, 3.63) is 0 Å². The van der Waals surface area contributed by atoms with Gasteiger partial charge in [0.25, 0.3) is 0 Å². The molecule has 6 heteroatoms. The molecule has 0 aromatic rings. The Balaban J connectivity index is 2.23. The lowest BCUT2D eigenvalue weighted by molar-refractivity contribution is -0.137. The van der Waals surface area contributed by atoms with E-state index in [1.807, 2.05) is 0 Å². The molecule has 2 amide bonds. The number of carboxylic acid groups (broad SMARTS) is 1. The van der Waals surface area contributed by atoms with Crippen molar-refractivity contribution in [2.75, 3.05) is 20.2 Å². The summed E-state index contributed by atoms with van der Waals surface area (Å²) in [5.41, 5.74) is 0. The molecular weight excluding hydrogens is 236 g/mol. The Hall–Kier alpha value is -1.30. The Morgan fingerprint density at radius 1 is 1.56 bits per heavy atom. The molecule has 1 fully saturated rings. The van der Waals surface area contributed by atoms with Crippen LogP contribution in [0.4, 0.5) is 4.79 Å². The molecule has 18 heavy (non-hydrogen) atoms. The van der Waals surface area contributed by atoms with Crippen molar-refractivity contribution in [1.82, 2.24) is 10.2 Å². The number of nitrogens with one attached hydrogen (secondary N) is 1. The number of carboxylic acids is 1. The molecule has 6 nitrogen and oxygen atoms in total. The van der Waals surface area contributed by atoms with E-state index in [2.05, 4.69) is 5.32 Å². The molecule has 1 heterocycles. The predicted octanol–water partition coefficient (Wildman–Crippen LogP) is 1.06. The zero-order valence-electron chi connectivity index (χ0n) is 11.0. The van der Waals surface area contributed by atoms with Gasteiger partial charge in [-0.25, -0.2) is 4.79 Å². The summed E-state index contributed by atoms with van der Waals surface area (Å²) in [5, 5.41) is 11.3. The highest BCUT2D eigenvalue weighted by molar-refractivity contribution is 5.74. The Morgan fingerprint density at radius 3 is 2.83 bits per heavy atom. The van der Waals surface area contributed by atoms with Crippen LogP contribution >= 0.6 is 0 Å². The van der Waals surface area contributed by atoms with Gasteiger partial charge in [0.2, 0.25) is 0 Å². The number of aliphatic carboxylic acids is 1. The number of carbonyl (C=O) groups excluding carboxylic acids is 1. The molecule has 0 aromatic carbocycles. The van der Waals surface area contributed by atoms with E-state index >= 15 is 0 Å². The lowest BCUT2D eigenvalue weighted by Gasteiger charge is -2.23. The topological polar surface area (TPSA) is 78.9 Å². The first kappa shape index (κ1) is 14.8. The molecule has 1 saturated heterocycles. The van der Waals surface area contributed by atoms with Crippen LogP contribution in [0.15, 0.2) is 0 Å². The third-order valence-electron chi connectivity index (χ3n) is 3.01. The van der Waals surface area contributed by atoms with Gasteiger partial charge in [0.15, 0.2) is 0 Å². The Labute approximate surface area is 107 Å². The average molecular weight is 258 g/mol. The molecule has 0 saturated carbocycles. The van der Waals surface area contributed by atoms with Crippen LogP contribution in [0.3, 0.4) is 0 Å². The summed E-state index contributed by atoms with van der Waals surface area (Å²) in [4.78, 5) is 23.8. The summed E-state index contributed by atoms with van der Waals surface area (Å²) < 4.78 is 5.46. The molecule has 2 N–H and O–H groups in total. The highest BCUT2D eigenvalue weighted by atomic mass is 16.5. The highest BCUT2D eigenvalue weighted by Crippen LogP contribution is 2.12. The molecular formula is C12H22N2O4. The van der Waals surface area contributed by atoms with E-state index in [1.165, 1.54) is 0 Å². The first-order valence-electron chi connectivity index (χ1n) is 6.34. The minimum absolute atomic E-state index is 0.0664. The Morgan fingerprint density at radius 2 is 2.28 bits per heavy atom. The van der Waals surface area contributed by atoms with Crippen molar-refractivity contribution in [3.8, 4) is 0 Å². The van der Waals surface area contributed by atoms with Gasteiger partial charge in [-0.3, -0.25) is 4.79 Å². The number of likely N-dealkylation sites (N-methyl/N-ethyl adjacent to an activating group) is 1. The zero-order chi connectivity index (χ0) is 13.5. The normalized spacial score (nSPS) is 20.4. The van der Waals surface area contributed by atoms with E-state index < -0.39 is 5.97 Å². The van der Waals surface area contributed by atoms with E-state index in [-0.39, 0.29) is 24.6 Å². The molecule has 2 unspecified atom stereocenters. The van der Waals surface area contributed by atoms with E-state index in [9.17, 15) is 9.59 Å². The number of urea groups is 1. The van der Waals surface area contributed by atoms with Gasteiger partial charge >= 0.3 is 12.0 Å². The van der Waals surface area contributed by atoms with Gasteiger partial charge in [0.1, 0.15) is 0 Å². The number of hydrogen-bond acceptors (Lipinski definition) is 3. The van der Waals surface area contributed by atoms with Crippen molar-refractivity contribution in [2.24, 2.45) is 0 Å². The monoisotopic (exact) mass is 258 g/mol. The van der Waals surface area contributed by atoms with E-state index in [4.69, 9.17) is 9.84 Å². The molecule has 2 atom stereocenters. The van der Waals surface area contributed by atoms with Crippen molar-refractivity contribution in [3.63, 3.8) is 0 Å². The SMILES string of the molecule is CC(CCC(=O)O)NC(=O)N(C)CC1CCCO1. The largest absolute Gasteiger partial charge is 0.481 e. The quantitative estimate of drug-likeness (QED) is 0.746. The fraction of sp³-hybridized carbons (Fsp3) is 0.833. The standard InChI is InChI=1S/C12H22N2O4/c1-9(5-6-11(15)16)13-12(17)14(2)8-10-4-3-7-18-10/h9-10H,3-8H2,1-2H3,(H,13,17)(H,15,16). The Kier molecular flexibility index (Phi) is 5.91. The van der Waals surface area contributed by atoms with Crippen LogP contribution in [0.2, 0.25) is 0 Å². The molecule has 104 valence electrons. The molecule has 0 spiro atoms. The number of hydrogen-bond donors (Lipinski definition) is 2. The van der Waals surface area contributed by atoms with Crippen molar-refractivity contribution in [1.29, 1.82) is 0 Å². The smallest absolute Gasteiger partial charge is 0.317 e. The second-order valence-corrected chi connectivity index (χ2v) is 4.80. The summed E-state index contributed by atoms with van der Waals surface area (Å²) in [5.74, 6) is -0.844. The maximum Gasteiger partial charge on any atom is 0.317 e. The molecule has 0 radical (unpaired) electrons. The minimum Gasteiger partial charge on any atom is -0.481 e. The van der Waals surface area contributed by atoms with Gasteiger partial charge in [-0.2, -0.15) is 0 Å². The predicted molar refractivity (Wildman–Crippen MR) is 66.5 cm³/mol. The summed E-state index contributed by atoms with van der Waals surface area (Å²) in [7, 11) is 1.72. The first-order valence-corrected chi connectivity index (χ1v) is 6.34. The van der Waals surface area contributed by atoms with Crippen LogP contribution in [-0.4, -0.2) is 54.4 Å². The molecule has 1 aliphatic rings. The lowest BCUT2D eigenvalue weighted by Crippen LogP contribution is -2.44. The number of amides is 2. The molecule has 0 aromatic heterocycles. The van der Waals surface area contributed by atoms with Crippen LogP contribution in [-0.2, 0) is 9.53 Å². The second kappa shape index (κ2) is 7.20. The van der Waals surface area contributed by atoms with Gasteiger partial charge in [-0.15, -0.1) is 0 Å². The third kappa shape index (κ3) is 5.35. The van der Waals surface area contributed by atoms with Crippen LogP contribution in [0.1, 0.15) is 32.6 Å². The van der Waals surface area contributed by atoms with E-state index in [0.717, 1.165) is 19.4 Å². The summed E-state index contributed by atoms with van der Waals surface area (Å²) in [6.45, 7) is 3.16. The van der Waals surface area contributed by atoms with Gasteiger partial charge in [-0.05, 0) is 26.2 Å². The third-order valence-corrected chi connectivity index (χ3v) is 3.01. The van der Waals surface area contributed by atoms with Gasteiger partial charge in [-0.1, -0.05) is 0 Å². The molecule has 1 aliphatic heterocycles. The summed E-state index contributed by atoms with van der Waals surface area (Å²) in [6, 6.07) is -0.316. The number of carbonyl (C=O) groups is 2. The molecule has 0 aliphatic carbocycles. The van der Waals surface area contributed by atoms with Crippen LogP contribution < -0.4 is 5.32 Å². The van der Waals surface area contributed by atoms with Crippen LogP contribution in [0, 0.1) is 0 Å². The van der Waals surface area contributed by atoms with Crippen molar-refractivity contribution >= 4 is 12.0 Å². The van der Waals surface area contributed by atoms with E-state index in [1.54, 1.807) is 18.9 Å². The minimum atomic E-state index is -0.844. The number of nitrogens with zero attached hydrogens (tertiary/aromatic N) is 1. The van der Waals surface area contributed by atoms with Crippen LogP contribution in [0.5, 0.6) is 0 Å². The zero-order valence-corrected chi connectivity index (χ0v) is 11.0. The summed E-state index contributed by atoms with van der Waals surface area (Å²) >= 11 is 0. The van der Waals surface area contributed by atoms with E-state index in [0.29, 0.717) is 13.0 Å².